The summed E-state index contributed by atoms with van der Waals surface area (Å²) in [7, 11) is 0. The first-order valence-electron chi connectivity index (χ1n) is 20.4. The van der Waals surface area contributed by atoms with Gasteiger partial charge in [0, 0.05) is 23.3 Å². The maximum absolute atomic E-state index is 11.7. The van der Waals surface area contributed by atoms with E-state index in [1.54, 1.807) is 36.4 Å². The van der Waals surface area contributed by atoms with E-state index < -0.39 is 42.4 Å². The van der Waals surface area contributed by atoms with Crippen molar-refractivity contribution in [3.05, 3.63) is 124 Å². The number of unbranched alkanes of at least 4 members (excludes halogenated alkanes) is 2. The summed E-state index contributed by atoms with van der Waals surface area (Å²) in [4.78, 5) is 43.0. The molecule has 0 saturated carbocycles. The summed E-state index contributed by atoms with van der Waals surface area (Å²) in [6, 6.07) is 17.1. The number of nitro groups is 4. The molecule has 0 aliphatic carbocycles. The van der Waals surface area contributed by atoms with Crippen molar-refractivity contribution in [2.24, 2.45) is 10.2 Å². The van der Waals surface area contributed by atoms with Crippen molar-refractivity contribution in [2.45, 2.75) is 52.4 Å². The van der Waals surface area contributed by atoms with Crippen molar-refractivity contribution in [1.29, 1.82) is 0 Å². The Labute approximate surface area is 366 Å². The predicted molar refractivity (Wildman–Crippen MR) is 235 cm³/mol. The maximum atomic E-state index is 11.7. The number of ether oxygens (including phenoxy) is 6. The maximum Gasteiger partial charge on any atom is 0.301 e. The van der Waals surface area contributed by atoms with Gasteiger partial charge in [-0.05, 0) is 74.2 Å². The van der Waals surface area contributed by atoms with E-state index in [4.69, 9.17) is 28.4 Å². The molecule has 2 N–H and O–H groups in total. The van der Waals surface area contributed by atoms with E-state index in [2.05, 4.69) is 21.1 Å². The van der Waals surface area contributed by atoms with Gasteiger partial charge in [0.2, 0.25) is 0 Å². The molecule has 0 radical (unpaired) electrons. The molecule has 1 aliphatic heterocycles. The van der Waals surface area contributed by atoms with E-state index in [-0.39, 0.29) is 64.2 Å². The third kappa shape index (κ3) is 13.8. The fourth-order valence-electron chi connectivity index (χ4n) is 6.12. The number of nitrogens with one attached hydrogen (secondary N) is 2. The molecule has 64 heavy (non-hydrogen) atoms. The zero-order valence-corrected chi connectivity index (χ0v) is 35.2. The van der Waals surface area contributed by atoms with Crippen molar-refractivity contribution in [1.82, 2.24) is 0 Å². The fraction of sp³-hybridized carbons (Fsp3) is 0.381. The van der Waals surface area contributed by atoms with Crippen LogP contribution in [0.3, 0.4) is 0 Å². The predicted octanol–water partition coefficient (Wildman–Crippen LogP) is 8.59. The van der Waals surface area contributed by atoms with Crippen LogP contribution >= 0.6 is 0 Å². The van der Waals surface area contributed by atoms with Gasteiger partial charge in [0.25, 0.3) is 11.4 Å². The summed E-state index contributed by atoms with van der Waals surface area (Å²) >= 11 is 0. The van der Waals surface area contributed by atoms with Gasteiger partial charge in [-0.15, -0.1) is 0 Å². The number of hydrazone groups is 2. The van der Waals surface area contributed by atoms with Crippen LogP contribution in [0, 0.1) is 40.5 Å². The summed E-state index contributed by atoms with van der Waals surface area (Å²) in [5.74, 6) is 1.67. The molecule has 4 aromatic carbocycles. The highest BCUT2D eigenvalue weighted by Gasteiger charge is 2.22. The lowest BCUT2D eigenvalue weighted by molar-refractivity contribution is -0.393. The molecule has 1 heterocycles. The number of rotatable bonds is 16. The second kappa shape index (κ2) is 24.2. The molecule has 0 saturated heterocycles. The monoisotopic (exact) mass is 888 g/mol. The molecule has 340 valence electrons. The third-order valence-corrected chi connectivity index (χ3v) is 9.43. The molecule has 0 spiro atoms. The van der Waals surface area contributed by atoms with Gasteiger partial charge in [0.1, 0.15) is 37.8 Å². The van der Waals surface area contributed by atoms with Gasteiger partial charge in [-0.3, -0.25) is 51.3 Å². The first-order chi connectivity index (χ1) is 31.0. The van der Waals surface area contributed by atoms with Gasteiger partial charge in [0.15, 0.2) is 23.0 Å². The van der Waals surface area contributed by atoms with Crippen LogP contribution in [-0.4, -0.2) is 84.0 Å². The average Bonchev–Trinajstić information content (AvgIpc) is 3.28. The number of hydrogen-bond acceptors (Lipinski definition) is 18. The van der Waals surface area contributed by atoms with Crippen molar-refractivity contribution in [2.75, 3.05) is 63.7 Å². The van der Waals surface area contributed by atoms with Gasteiger partial charge >= 0.3 is 11.4 Å². The summed E-state index contributed by atoms with van der Waals surface area (Å²) in [6.45, 7) is 5.43. The van der Waals surface area contributed by atoms with E-state index >= 15 is 0 Å². The van der Waals surface area contributed by atoms with Gasteiger partial charge in [-0.25, -0.2) is 0 Å². The van der Waals surface area contributed by atoms with Crippen LogP contribution in [0.15, 0.2) is 83.0 Å². The van der Waals surface area contributed by atoms with Crippen LogP contribution in [0.1, 0.15) is 63.5 Å². The van der Waals surface area contributed by atoms with Crippen LogP contribution in [0.5, 0.6) is 23.0 Å². The Bertz CT molecular complexity index is 2180. The Hall–Kier alpha value is -7.46. The van der Waals surface area contributed by atoms with Crippen molar-refractivity contribution in [3.63, 3.8) is 0 Å². The van der Waals surface area contributed by atoms with E-state index in [0.29, 0.717) is 58.4 Å². The lowest BCUT2D eigenvalue weighted by Gasteiger charge is -2.17. The molecular formula is C42H48N8O14. The number of non-ortho nitro benzene ring substituents is 2. The second-order valence-electron chi connectivity index (χ2n) is 13.9. The minimum Gasteiger partial charge on any atom is -0.487 e. The van der Waals surface area contributed by atoms with E-state index in [0.717, 1.165) is 49.9 Å². The minimum absolute atomic E-state index is 0.00518. The third-order valence-electron chi connectivity index (χ3n) is 9.43. The normalized spacial score (nSPS) is 14.1. The molecule has 4 aromatic rings. The van der Waals surface area contributed by atoms with Gasteiger partial charge in [0.05, 0.1) is 69.7 Å². The fourth-order valence-corrected chi connectivity index (χ4v) is 6.12. The van der Waals surface area contributed by atoms with Gasteiger partial charge < -0.3 is 28.4 Å². The Kier molecular flexibility index (Phi) is 18.0. The summed E-state index contributed by atoms with van der Waals surface area (Å²) in [6.07, 6.45) is 4.22. The topological polar surface area (TPSA) is 277 Å². The zero-order chi connectivity index (χ0) is 45.8. The molecule has 5 rings (SSSR count). The zero-order valence-electron chi connectivity index (χ0n) is 35.2. The Morgan fingerprint density at radius 2 is 0.875 bits per heavy atom. The molecule has 22 nitrogen and oxygen atoms in total. The van der Waals surface area contributed by atoms with Gasteiger partial charge in [-0.1, -0.05) is 26.7 Å². The van der Waals surface area contributed by atoms with Crippen LogP contribution in [0.4, 0.5) is 34.1 Å². The molecule has 0 atom stereocenters. The Balaban J connectivity index is 1.28. The van der Waals surface area contributed by atoms with E-state index in [9.17, 15) is 40.5 Å². The summed E-state index contributed by atoms with van der Waals surface area (Å²) < 4.78 is 36.0. The summed E-state index contributed by atoms with van der Waals surface area (Å²) in [5, 5.41) is 54.8. The molecule has 0 fully saturated rings. The standard InChI is InChI=1S/C42H48N8O14/c1-3-5-7-33(43-45-35-13-11-31(47(51)52)27-37(35)49(55)56)29-9-15-39-41(25-29)63-23-19-59-18-22-62-40-16-10-30(26-42(40)64-24-20-60-17-21-61-39)34(8-6-4-2)44-46-36-14-12-32(48(53)54)28-38(36)50(57)58/h9-16,25-28,45-46H,3-8,17-24H2,1-2H3. The minimum atomic E-state index is -0.713. The number of benzene rings is 4. The second-order valence-corrected chi connectivity index (χ2v) is 13.9. The highest BCUT2D eigenvalue weighted by molar-refractivity contribution is 6.02. The molecule has 0 unspecified atom stereocenters. The van der Waals surface area contributed by atoms with E-state index in [1.807, 2.05) is 13.8 Å². The number of fused-ring (bicyclic) bond motifs is 2. The molecular weight excluding hydrogens is 841 g/mol. The first kappa shape index (κ1) is 47.6. The first-order valence-corrected chi connectivity index (χ1v) is 20.4. The van der Waals surface area contributed by atoms with Crippen LogP contribution in [-0.2, 0) is 9.47 Å². The van der Waals surface area contributed by atoms with Crippen molar-refractivity contribution < 1.29 is 48.1 Å². The number of anilines is 2. The lowest BCUT2D eigenvalue weighted by Crippen LogP contribution is -2.16. The van der Waals surface area contributed by atoms with Crippen molar-refractivity contribution in [3.8, 4) is 23.0 Å². The van der Waals surface area contributed by atoms with Crippen LogP contribution < -0.4 is 29.8 Å². The highest BCUT2D eigenvalue weighted by Crippen LogP contribution is 2.34. The lowest BCUT2D eigenvalue weighted by atomic mass is 10.0. The molecule has 22 heteroatoms. The molecule has 0 bridgehead atoms. The van der Waals surface area contributed by atoms with Crippen LogP contribution in [0.2, 0.25) is 0 Å². The quantitative estimate of drug-likeness (QED) is 0.0605. The van der Waals surface area contributed by atoms with Crippen LogP contribution in [0.25, 0.3) is 0 Å². The van der Waals surface area contributed by atoms with E-state index in [1.165, 1.54) is 12.1 Å². The highest BCUT2D eigenvalue weighted by atomic mass is 16.6. The molecule has 0 amide bonds. The Morgan fingerprint density at radius 3 is 1.22 bits per heavy atom. The van der Waals surface area contributed by atoms with Crippen molar-refractivity contribution >= 4 is 45.5 Å². The SMILES string of the molecule is CCCCC(=NNc1ccc([N+](=O)[O-])cc1[N+](=O)[O-])c1ccc2c(c1)OCCOCCOc1ccc(C(CCCC)=NNc3ccc([N+](=O)[O-])cc3[N+](=O)[O-])cc1OCCOCCO2. The molecule has 1 aliphatic rings. The largest absolute Gasteiger partial charge is 0.487 e. The number of nitrogens with zero attached hydrogens (tertiary/aromatic N) is 6. The summed E-state index contributed by atoms with van der Waals surface area (Å²) in [5.41, 5.74) is 6.09. The number of nitro benzene ring substituents is 4. The Morgan fingerprint density at radius 1 is 0.500 bits per heavy atom. The molecule has 0 aromatic heterocycles. The number of hydrogen-bond donors (Lipinski definition) is 2. The smallest absolute Gasteiger partial charge is 0.301 e. The average molecular weight is 889 g/mol. The van der Waals surface area contributed by atoms with Gasteiger partial charge in [-0.2, -0.15) is 10.2 Å².